The Labute approximate surface area is 170 Å². The minimum atomic E-state index is -0.984. The molecule has 2 heterocycles. The Hall–Kier alpha value is -1.85. The number of benzene rings is 1. The molecule has 5 heteroatoms. The molecule has 2 fully saturated rings. The summed E-state index contributed by atoms with van der Waals surface area (Å²) in [7, 11) is 0. The summed E-state index contributed by atoms with van der Waals surface area (Å²) in [6.07, 6.45) is 9.11. The topological polar surface area (TPSA) is 56.3 Å². The largest absolute Gasteiger partial charge is 0.616 e. The van der Waals surface area contributed by atoms with Gasteiger partial charge in [0.25, 0.3) is 0 Å². The minimum Gasteiger partial charge on any atom is -0.616 e. The Kier molecular flexibility index (Phi) is 6.02. The van der Waals surface area contributed by atoms with E-state index in [0.29, 0.717) is 31.2 Å². The van der Waals surface area contributed by atoms with Crippen LogP contribution >= 0.6 is 0 Å². The molecule has 2 aliphatic rings. The molecule has 1 spiro atoms. The monoisotopic (exact) mass is 396 g/mol. The molecule has 2 aromatic rings. The second-order valence-electron chi connectivity index (χ2n) is 8.10. The van der Waals surface area contributed by atoms with Crippen molar-refractivity contribution in [1.82, 2.24) is 9.88 Å². The molecule has 3 unspecified atom stereocenters. The van der Waals surface area contributed by atoms with Gasteiger partial charge in [0, 0.05) is 24.9 Å². The molecule has 1 aromatic heterocycles. The molecule has 1 amide bonds. The highest BCUT2D eigenvalue weighted by Gasteiger charge is 2.53. The summed E-state index contributed by atoms with van der Waals surface area (Å²) < 4.78 is 13.1. The van der Waals surface area contributed by atoms with Gasteiger partial charge >= 0.3 is 0 Å². The molecule has 1 aromatic carbocycles. The normalized spacial score (nSPS) is 28.3. The van der Waals surface area contributed by atoms with Crippen molar-refractivity contribution in [1.29, 1.82) is 0 Å². The van der Waals surface area contributed by atoms with Crippen LogP contribution in [0.3, 0.4) is 0 Å². The average Bonchev–Trinajstić information content (AvgIpc) is 2.84. The van der Waals surface area contributed by atoms with Gasteiger partial charge in [-0.25, -0.2) is 0 Å². The van der Waals surface area contributed by atoms with Gasteiger partial charge in [-0.3, -0.25) is 9.78 Å². The van der Waals surface area contributed by atoms with Gasteiger partial charge in [0.05, 0.1) is 13.0 Å². The van der Waals surface area contributed by atoms with Crippen LogP contribution < -0.4 is 0 Å². The van der Waals surface area contributed by atoms with Gasteiger partial charge in [0.15, 0.2) is 0 Å². The van der Waals surface area contributed by atoms with Crippen molar-refractivity contribution in [3.8, 4) is 0 Å². The highest BCUT2D eigenvalue weighted by Crippen LogP contribution is 2.46. The molecule has 1 aliphatic carbocycles. The second-order valence-corrected chi connectivity index (χ2v) is 10.0. The number of rotatable bonds is 4. The Morgan fingerprint density at radius 1 is 1.14 bits per heavy atom. The molecule has 28 heavy (non-hydrogen) atoms. The van der Waals surface area contributed by atoms with Crippen molar-refractivity contribution in [2.75, 3.05) is 12.3 Å². The van der Waals surface area contributed by atoms with Gasteiger partial charge in [0.2, 0.25) is 5.91 Å². The summed E-state index contributed by atoms with van der Waals surface area (Å²) in [5.41, 5.74) is 2.32. The maximum atomic E-state index is 13.5. The molecule has 0 bridgehead atoms. The van der Waals surface area contributed by atoms with Crippen LogP contribution in [0.2, 0.25) is 0 Å². The lowest BCUT2D eigenvalue weighted by Gasteiger charge is -2.43. The predicted molar refractivity (Wildman–Crippen MR) is 112 cm³/mol. The zero-order chi connectivity index (χ0) is 19.4. The lowest BCUT2D eigenvalue weighted by molar-refractivity contribution is -0.132. The van der Waals surface area contributed by atoms with Crippen molar-refractivity contribution in [3.63, 3.8) is 0 Å². The zero-order valence-electron chi connectivity index (χ0n) is 16.3. The molecule has 4 nitrogen and oxygen atoms in total. The van der Waals surface area contributed by atoms with Crippen molar-refractivity contribution >= 4 is 17.1 Å². The van der Waals surface area contributed by atoms with Crippen LogP contribution in [-0.4, -0.2) is 37.4 Å². The van der Waals surface area contributed by atoms with E-state index < -0.39 is 11.2 Å². The number of nitrogens with zero attached hydrogens (tertiary/aromatic N) is 2. The van der Waals surface area contributed by atoms with Gasteiger partial charge in [-0.2, -0.15) is 0 Å². The number of pyridine rings is 1. The fraction of sp³-hybridized carbons (Fsp3) is 0.478. The van der Waals surface area contributed by atoms with Crippen LogP contribution in [0.15, 0.2) is 54.9 Å². The maximum Gasteiger partial charge on any atom is 0.228 e. The third-order valence-electron chi connectivity index (χ3n) is 6.37. The number of carbonyl (C=O) groups is 1. The standard InChI is InChI=1S/C23H28N2O2S/c26-22-16-23(11-5-4-10-21(23)15-19-7-2-1-3-8-19)28(27)14-13-25(22)18-20-9-6-12-24-17-20/h1-3,6-9,12,17,21H,4-5,10-11,13-16,18H2. The highest BCUT2D eigenvalue weighted by atomic mass is 32.2. The van der Waals surface area contributed by atoms with Crippen LogP contribution in [0.5, 0.6) is 0 Å². The minimum absolute atomic E-state index is 0.148. The van der Waals surface area contributed by atoms with Gasteiger partial charge in [-0.05, 0) is 54.1 Å². The van der Waals surface area contributed by atoms with Crippen LogP contribution in [0.25, 0.3) is 0 Å². The van der Waals surface area contributed by atoms with Crippen LogP contribution in [0, 0.1) is 5.92 Å². The zero-order valence-corrected chi connectivity index (χ0v) is 17.1. The summed E-state index contributed by atoms with van der Waals surface area (Å²) in [6, 6.07) is 14.4. The molecule has 0 radical (unpaired) electrons. The summed E-state index contributed by atoms with van der Waals surface area (Å²) in [6.45, 7) is 1.13. The smallest absolute Gasteiger partial charge is 0.228 e. The molecule has 1 aliphatic heterocycles. The van der Waals surface area contributed by atoms with Gasteiger partial charge in [-0.1, -0.05) is 42.8 Å². The lowest BCUT2D eigenvalue weighted by Crippen LogP contribution is -2.50. The van der Waals surface area contributed by atoms with E-state index in [0.717, 1.165) is 31.2 Å². The second kappa shape index (κ2) is 8.66. The van der Waals surface area contributed by atoms with Gasteiger partial charge in [-0.15, -0.1) is 0 Å². The number of hydrogen-bond donors (Lipinski definition) is 0. The van der Waals surface area contributed by atoms with Crippen LogP contribution in [0.1, 0.15) is 43.2 Å². The molecule has 148 valence electrons. The average molecular weight is 397 g/mol. The van der Waals surface area contributed by atoms with Crippen LogP contribution in [0.4, 0.5) is 0 Å². The molecule has 1 saturated heterocycles. The summed E-state index contributed by atoms with van der Waals surface area (Å²) >= 11 is -0.984. The first-order chi connectivity index (χ1) is 13.7. The summed E-state index contributed by atoms with van der Waals surface area (Å²) in [5.74, 6) is 1.04. The van der Waals surface area contributed by atoms with Gasteiger partial charge in [0.1, 0.15) is 10.5 Å². The van der Waals surface area contributed by atoms with E-state index in [1.54, 1.807) is 6.20 Å². The lowest BCUT2D eigenvalue weighted by atomic mass is 9.73. The van der Waals surface area contributed by atoms with Crippen molar-refractivity contribution in [3.05, 3.63) is 66.0 Å². The number of hydrogen-bond acceptors (Lipinski definition) is 3. The van der Waals surface area contributed by atoms with Gasteiger partial charge < -0.3 is 9.45 Å². The van der Waals surface area contributed by atoms with Crippen molar-refractivity contribution in [2.45, 2.75) is 49.8 Å². The van der Waals surface area contributed by atoms with E-state index >= 15 is 0 Å². The predicted octanol–water partition coefficient (Wildman–Crippen LogP) is 3.73. The maximum absolute atomic E-state index is 13.5. The fourth-order valence-corrected chi connectivity index (χ4v) is 6.87. The summed E-state index contributed by atoms with van der Waals surface area (Å²) in [5, 5.41) is 0. The Bertz CT molecular complexity index is 786. The molecular formula is C23H28N2O2S. The first kappa shape index (κ1) is 19.5. The molecule has 4 rings (SSSR count). The van der Waals surface area contributed by atoms with E-state index in [1.807, 2.05) is 29.3 Å². The number of amides is 1. The first-order valence-corrected chi connectivity index (χ1v) is 11.6. The van der Waals surface area contributed by atoms with E-state index in [9.17, 15) is 9.35 Å². The molecule has 3 atom stereocenters. The Morgan fingerprint density at radius 3 is 2.75 bits per heavy atom. The Morgan fingerprint density at radius 2 is 1.96 bits per heavy atom. The SMILES string of the molecule is O=C1CC2(CCCCC2Cc2ccccc2)[S+]([O-])CCN1Cc1cccnc1. The van der Waals surface area contributed by atoms with E-state index in [-0.39, 0.29) is 10.7 Å². The molecular weight excluding hydrogens is 368 g/mol. The summed E-state index contributed by atoms with van der Waals surface area (Å²) in [4.78, 5) is 19.3. The van der Waals surface area contributed by atoms with Crippen LogP contribution in [-0.2, 0) is 28.9 Å². The van der Waals surface area contributed by atoms with Crippen molar-refractivity contribution < 1.29 is 9.35 Å². The van der Waals surface area contributed by atoms with E-state index in [4.69, 9.17) is 0 Å². The highest BCUT2D eigenvalue weighted by molar-refractivity contribution is 7.92. The fourth-order valence-electron chi connectivity index (χ4n) is 4.85. The number of aromatic nitrogens is 1. The third kappa shape index (κ3) is 4.11. The Balaban J connectivity index is 1.55. The molecule has 0 N–H and O–H groups in total. The first-order valence-electron chi connectivity index (χ1n) is 10.3. The third-order valence-corrected chi connectivity index (χ3v) is 8.51. The number of carbonyl (C=O) groups excluding carboxylic acids is 1. The van der Waals surface area contributed by atoms with Crippen molar-refractivity contribution in [2.24, 2.45) is 5.92 Å². The van der Waals surface area contributed by atoms with E-state index in [1.165, 1.54) is 12.0 Å². The van der Waals surface area contributed by atoms with E-state index in [2.05, 4.69) is 29.2 Å². The molecule has 1 saturated carbocycles. The quantitative estimate of drug-likeness (QED) is 0.740.